The van der Waals surface area contributed by atoms with Crippen LogP contribution in [-0.2, 0) is 0 Å². The van der Waals surface area contributed by atoms with E-state index in [1.807, 2.05) is 75.7 Å². The van der Waals surface area contributed by atoms with Crippen molar-refractivity contribution >= 4 is 33.9 Å². The molecule has 0 unspecified atom stereocenters. The second-order valence-electron chi connectivity index (χ2n) is 9.99. The molecule has 210 valence electrons. The Kier molecular flexibility index (Phi) is 8.16. The normalized spacial score (nSPS) is 11.1. The highest BCUT2D eigenvalue weighted by Crippen LogP contribution is 2.38. The van der Waals surface area contributed by atoms with Gasteiger partial charge in [0.2, 0.25) is 5.95 Å². The van der Waals surface area contributed by atoms with Crippen LogP contribution in [0.25, 0.3) is 22.0 Å². The van der Waals surface area contributed by atoms with Crippen molar-refractivity contribution in [3.63, 3.8) is 0 Å². The lowest BCUT2D eigenvalue weighted by molar-refractivity contribution is 0.413. The Balaban J connectivity index is 1.50. The maximum Gasteiger partial charge on any atom is 0.227 e. The predicted octanol–water partition coefficient (Wildman–Crippen LogP) is 6.56. The van der Waals surface area contributed by atoms with Crippen LogP contribution >= 0.6 is 0 Å². The Hall–Kier alpha value is -4.89. The first kappa shape index (κ1) is 27.7. The van der Waals surface area contributed by atoms with E-state index in [0.29, 0.717) is 34.6 Å². The number of anilines is 4. The number of halogens is 1. The smallest absolute Gasteiger partial charge is 0.227 e. The van der Waals surface area contributed by atoms with Gasteiger partial charge >= 0.3 is 0 Å². The maximum atomic E-state index is 13.4. The van der Waals surface area contributed by atoms with Crippen LogP contribution in [0.3, 0.4) is 0 Å². The second kappa shape index (κ2) is 12.1. The van der Waals surface area contributed by atoms with Gasteiger partial charge < -0.3 is 30.3 Å². The zero-order chi connectivity index (χ0) is 28.9. The van der Waals surface area contributed by atoms with Gasteiger partial charge in [-0.2, -0.15) is 0 Å². The van der Waals surface area contributed by atoms with Crippen LogP contribution in [0.4, 0.5) is 27.4 Å². The van der Waals surface area contributed by atoms with E-state index in [1.165, 1.54) is 12.1 Å². The van der Waals surface area contributed by atoms with Crippen molar-refractivity contribution in [3.05, 3.63) is 90.9 Å². The van der Waals surface area contributed by atoms with Crippen LogP contribution in [0.5, 0.6) is 17.2 Å². The van der Waals surface area contributed by atoms with Crippen LogP contribution in [0.2, 0.25) is 0 Å². The lowest BCUT2D eigenvalue weighted by atomic mass is 10.0. The number of methoxy groups -OCH3 is 1. The van der Waals surface area contributed by atoms with Crippen molar-refractivity contribution in [3.8, 4) is 28.4 Å². The van der Waals surface area contributed by atoms with Crippen molar-refractivity contribution in [2.75, 3.05) is 57.3 Å². The summed E-state index contributed by atoms with van der Waals surface area (Å²) in [6.07, 6.45) is 1.74. The van der Waals surface area contributed by atoms with E-state index in [-0.39, 0.29) is 5.82 Å². The monoisotopic (exact) mass is 552 g/mol. The van der Waals surface area contributed by atoms with Gasteiger partial charge in [0.25, 0.3) is 0 Å². The molecular weight excluding hydrogens is 519 g/mol. The molecule has 41 heavy (non-hydrogen) atoms. The summed E-state index contributed by atoms with van der Waals surface area (Å²) in [7, 11) is 7.71. The minimum Gasteiger partial charge on any atom is -0.494 e. The third-order valence-electron chi connectivity index (χ3n) is 6.68. The molecule has 9 heteroatoms. The molecule has 1 aromatic heterocycles. The molecule has 0 aliphatic rings. The summed E-state index contributed by atoms with van der Waals surface area (Å²) in [6, 6.07) is 23.4. The highest BCUT2D eigenvalue weighted by Gasteiger charge is 2.15. The lowest BCUT2D eigenvalue weighted by Gasteiger charge is -2.24. The first-order valence-corrected chi connectivity index (χ1v) is 13.2. The van der Waals surface area contributed by atoms with Crippen molar-refractivity contribution < 1.29 is 13.9 Å². The summed E-state index contributed by atoms with van der Waals surface area (Å²) >= 11 is 0. The fourth-order valence-corrected chi connectivity index (χ4v) is 4.49. The average Bonchev–Trinajstić information content (AvgIpc) is 2.97. The number of nitrogens with two attached hydrogens (primary N) is 1. The highest BCUT2D eigenvalue weighted by atomic mass is 19.1. The zero-order valence-corrected chi connectivity index (χ0v) is 23.6. The summed E-state index contributed by atoms with van der Waals surface area (Å²) < 4.78 is 25.2. The van der Waals surface area contributed by atoms with Gasteiger partial charge in [0, 0.05) is 43.4 Å². The minimum atomic E-state index is -0.321. The molecule has 0 spiro atoms. The molecule has 5 rings (SSSR count). The average molecular weight is 553 g/mol. The second-order valence-corrected chi connectivity index (χ2v) is 9.99. The molecule has 4 aromatic carbocycles. The molecule has 0 saturated heterocycles. The summed E-state index contributed by atoms with van der Waals surface area (Å²) in [5.41, 5.74) is 11.2. The molecule has 0 aliphatic heterocycles. The first-order valence-electron chi connectivity index (χ1n) is 13.2. The third-order valence-corrected chi connectivity index (χ3v) is 6.68. The number of ether oxygens (including phenoxy) is 2. The van der Waals surface area contributed by atoms with E-state index in [1.54, 1.807) is 25.4 Å². The van der Waals surface area contributed by atoms with Crippen LogP contribution in [0, 0.1) is 5.82 Å². The largest absolute Gasteiger partial charge is 0.494 e. The van der Waals surface area contributed by atoms with Crippen LogP contribution < -0.4 is 25.4 Å². The number of aromatic nitrogens is 2. The van der Waals surface area contributed by atoms with E-state index in [9.17, 15) is 4.39 Å². The third kappa shape index (κ3) is 6.47. The molecular formula is C32H33FN6O2. The zero-order valence-electron chi connectivity index (χ0n) is 23.6. The molecule has 3 N–H and O–H groups in total. The maximum absolute atomic E-state index is 13.4. The van der Waals surface area contributed by atoms with E-state index in [2.05, 4.69) is 20.1 Å². The van der Waals surface area contributed by atoms with E-state index in [0.717, 1.165) is 40.8 Å². The Morgan fingerprint density at radius 1 is 0.902 bits per heavy atom. The quantitative estimate of drug-likeness (QED) is 0.188. The number of nitrogens with one attached hydrogen (secondary N) is 1. The number of nitrogens with zero attached hydrogens (tertiary/aromatic N) is 4. The molecule has 5 aromatic rings. The van der Waals surface area contributed by atoms with E-state index < -0.39 is 0 Å². The van der Waals surface area contributed by atoms with Crippen molar-refractivity contribution in [1.82, 2.24) is 14.9 Å². The molecule has 0 aliphatic carbocycles. The van der Waals surface area contributed by atoms with Gasteiger partial charge in [0.15, 0.2) is 0 Å². The van der Waals surface area contributed by atoms with Gasteiger partial charge in [0.1, 0.15) is 23.1 Å². The minimum absolute atomic E-state index is 0.321. The molecule has 0 amide bonds. The van der Waals surface area contributed by atoms with Crippen LogP contribution in [0.15, 0.2) is 85.1 Å². The van der Waals surface area contributed by atoms with Gasteiger partial charge in [-0.15, -0.1) is 0 Å². The summed E-state index contributed by atoms with van der Waals surface area (Å²) in [5.74, 6) is 1.83. The fourth-order valence-electron chi connectivity index (χ4n) is 4.49. The Bertz CT molecular complexity index is 1640. The molecule has 1 heterocycles. The number of benzene rings is 4. The fraction of sp³-hybridized carbons (Fsp3) is 0.188. The number of nitrogen functional groups attached to an aromatic ring is 1. The van der Waals surface area contributed by atoms with Gasteiger partial charge in [0.05, 0.1) is 29.7 Å². The Morgan fingerprint density at radius 3 is 2.37 bits per heavy atom. The molecule has 0 atom stereocenters. The van der Waals surface area contributed by atoms with Gasteiger partial charge in [-0.25, -0.2) is 14.4 Å². The lowest BCUT2D eigenvalue weighted by Crippen LogP contribution is -2.29. The highest BCUT2D eigenvalue weighted by molar-refractivity contribution is 5.95. The van der Waals surface area contributed by atoms with Gasteiger partial charge in [-0.05, 0) is 62.1 Å². The molecule has 0 fully saturated rings. The number of rotatable bonds is 10. The van der Waals surface area contributed by atoms with Crippen LogP contribution in [-0.4, -0.2) is 56.2 Å². The van der Waals surface area contributed by atoms with E-state index >= 15 is 0 Å². The topological polar surface area (TPSA) is 88.8 Å². The van der Waals surface area contributed by atoms with Crippen molar-refractivity contribution in [2.45, 2.75) is 0 Å². The van der Waals surface area contributed by atoms with Crippen LogP contribution in [0.1, 0.15) is 0 Å². The summed E-state index contributed by atoms with van der Waals surface area (Å²) in [5, 5.41) is 4.08. The molecule has 0 saturated carbocycles. The van der Waals surface area contributed by atoms with Gasteiger partial charge in [-0.1, -0.05) is 30.3 Å². The van der Waals surface area contributed by atoms with Crippen molar-refractivity contribution in [1.29, 1.82) is 0 Å². The number of fused-ring (bicyclic) bond motifs is 1. The van der Waals surface area contributed by atoms with E-state index in [4.69, 9.17) is 20.2 Å². The Labute approximate surface area is 239 Å². The summed E-state index contributed by atoms with van der Waals surface area (Å²) in [6.45, 7) is 1.71. The molecule has 8 nitrogen and oxygen atoms in total. The summed E-state index contributed by atoms with van der Waals surface area (Å²) in [4.78, 5) is 13.7. The van der Waals surface area contributed by atoms with Gasteiger partial charge in [-0.3, -0.25) is 0 Å². The number of hydrogen-bond acceptors (Lipinski definition) is 8. The standard InChI is InChI=1S/C32H33FN6O2/c1-38(2)14-15-39(3)29-19-30(40-4)28(18-27(29)34)36-32-35-20-22-16-25(41-24-12-10-23(33)11-13-24)17-26(31(22)37-32)21-8-6-5-7-9-21/h5-13,16-20H,14-15,34H2,1-4H3,(H,35,36,37). The Morgan fingerprint density at radius 2 is 1.66 bits per heavy atom. The first-order chi connectivity index (χ1) is 19.8. The SMILES string of the molecule is COc1cc(N(C)CCN(C)C)c(N)cc1Nc1ncc2cc(Oc3ccc(F)cc3)cc(-c3ccccc3)c2n1. The predicted molar refractivity (Wildman–Crippen MR) is 164 cm³/mol. The van der Waals surface area contributed by atoms with Crippen molar-refractivity contribution in [2.24, 2.45) is 0 Å². The number of hydrogen-bond donors (Lipinski definition) is 2. The number of likely N-dealkylation sites (N-methyl/N-ethyl adjacent to an activating group) is 2. The molecule has 0 radical (unpaired) electrons. The molecule has 0 bridgehead atoms.